The fourth-order valence-corrected chi connectivity index (χ4v) is 4.88. The molecule has 0 spiro atoms. The van der Waals surface area contributed by atoms with Gasteiger partial charge in [-0.3, -0.25) is 9.59 Å². The van der Waals surface area contributed by atoms with Crippen LogP contribution in [0, 0.1) is 7.11 Å². The van der Waals surface area contributed by atoms with Crippen LogP contribution in [0.5, 0.6) is 0 Å². The summed E-state index contributed by atoms with van der Waals surface area (Å²) in [5, 5.41) is 2.39. The molecule has 2 heterocycles. The maximum atomic E-state index is 12.5. The van der Waals surface area contributed by atoms with E-state index in [4.69, 9.17) is 5.73 Å². The van der Waals surface area contributed by atoms with Crippen molar-refractivity contribution in [1.82, 2.24) is 10.2 Å². The lowest BCUT2D eigenvalue weighted by Crippen LogP contribution is -2.71. The molecular formula is C17H20N3O4S. The SMILES string of the molecule is [CH2]OC(=O)C1N2C(=O)C(NC(=O)[C@H](N)c3ccccc3)C2SC1(C)C. The highest BCUT2D eigenvalue weighted by atomic mass is 32.2. The summed E-state index contributed by atoms with van der Waals surface area (Å²) in [4.78, 5) is 38.3. The summed E-state index contributed by atoms with van der Waals surface area (Å²) < 4.78 is 4.05. The Kier molecular flexibility index (Phi) is 4.51. The van der Waals surface area contributed by atoms with E-state index in [2.05, 4.69) is 17.2 Å². The predicted octanol–water partition coefficient (Wildman–Crippen LogP) is 0.568. The number of fused-ring (bicyclic) bond motifs is 1. The van der Waals surface area contributed by atoms with Crippen LogP contribution >= 0.6 is 11.8 Å². The Morgan fingerprint density at radius 2 is 2.00 bits per heavy atom. The van der Waals surface area contributed by atoms with Crippen molar-refractivity contribution in [2.45, 2.75) is 42.1 Å². The molecule has 8 heteroatoms. The number of rotatable bonds is 4. The number of hydrogen-bond donors (Lipinski definition) is 2. The first-order valence-electron chi connectivity index (χ1n) is 7.84. The molecule has 2 aliphatic heterocycles. The van der Waals surface area contributed by atoms with Gasteiger partial charge in [-0.1, -0.05) is 30.3 Å². The van der Waals surface area contributed by atoms with Crippen molar-refractivity contribution >= 4 is 29.5 Å². The average molecular weight is 362 g/mol. The summed E-state index contributed by atoms with van der Waals surface area (Å²) in [5.41, 5.74) is 6.64. The number of carbonyl (C=O) groups is 3. The Labute approximate surface area is 150 Å². The van der Waals surface area contributed by atoms with Crippen LogP contribution in [0.1, 0.15) is 25.5 Å². The largest absolute Gasteiger partial charge is 0.460 e. The quantitative estimate of drug-likeness (QED) is 0.600. The first kappa shape index (κ1) is 17.8. The Bertz CT molecular complexity index is 709. The molecule has 133 valence electrons. The highest BCUT2D eigenvalue weighted by Gasteiger charge is 2.64. The van der Waals surface area contributed by atoms with Gasteiger partial charge in [0.2, 0.25) is 11.8 Å². The molecule has 7 nitrogen and oxygen atoms in total. The topological polar surface area (TPSA) is 102 Å². The molecule has 0 bridgehead atoms. The van der Waals surface area contributed by atoms with Crippen LogP contribution in [0.15, 0.2) is 30.3 Å². The number of amides is 2. The van der Waals surface area contributed by atoms with Gasteiger partial charge in [-0.05, 0) is 19.4 Å². The minimum atomic E-state index is -0.858. The second-order valence-electron chi connectivity index (χ2n) is 6.60. The number of carbonyl (C=O) groups excluding carboxylic acids is 3. The van der Waals surface area contributed by atoms with E-state index in [0.29, 0.717) is 5.56 Å². The van der Waals surface area contributed by atoms with Crippen LogP contribution in [0.3, 0.4) is 0 Å². The van der Waals surface area contributed by atoms with Crippen LogP contribution in [-0.2, 0) is 19.1 Å². The standard InChI is InChI=1S/C17H20N3O4S/c1-17(2)12(16(23)24-3)20-14(22)11(15(20)25-17)19-13(21)10(18)9-7-5-4-6-8-9/h4-8,10-12,15H,3,18H2,1-2H3,(H,19,21)/t10-,11?,12?,15?/m1/s1. The number of ether oxygens (including phenoxy) is 1. The summed E-state index contributed by atoms with van der Waals surface area (Å²) in [7, 11) is 3.15. The minimum absolute atomic E-state index is 0.313. The van der Waals surface area contributed by atoms with Gasteiger partial charge in [0.25, 0.3) is 0 Å². The third-order valence-electron chi connectivity index (χ3n) is 4.55. The van der Waals surface area contributed by atoms with Crippen molar-refractivity contribution in [3.63, 3.8) is 0 Å². The maximum Gasteiger partial charge on any atom is 0.330 e. The number of nitrogens with two attached hydrogens (primary N) is 1. The molecular weight excluding hydrogens is 342 g/mol. The number of nitrogens with zero attached hydrogens (tertiary/aromatic N) is 1. The van der Waals surface area contributed by atoms with E-state index >= 15 is 0 Å². The summed E-state index contributed by atoms with van der Waals surface area (Å²) in [5.74, 6) is -1.29. The van der Waals surface area contributed by atoms with Gasteiger partial charge in [-0.2, -0.15) is 0 Å². The van der Waals surface area contributed by atoms with E-state index in [1.165, 1.54) is 16.7 Å². The van der Waals surface area contributed by atoms with Gasteiger partial charge in [-0.25, -0.2) is 4.79 Å². The molecule has 1 radical (unpaired) electrons. The fraction of sp³-hybridized carbons (Fsp3) is 0.412. The van der Waals surface area contributed by atoms with Gasteiger partial charge in [-0.15, -0.1) is 11.8 Å². The van der Waals surface area contributed by atoms with E-state index in [9.17, 15) is 14.4 Å². The monoisotopic (exact) mass is 362 g/mol. The number of esters is 1. The maximum absolute atomic E-state index is 12.5. The van der Waals surface area contributed by atoms with Gasteiger partial charge in [0.15, 0.2) is 0 Å². The normalized spacial score (nSPS) is 27.9. The molecule has 25 heavy (non-hydrogen) atoms. The molecule has 2 fully saturated rings. The van der Waals surface area contributed by atoms with E-state index in [1.54, 1.807) is 24.3 Å². The molecule has 0 aliphatic carbocycles. The molecule has 0 aromatic heterocycles. The molecule has 4 atom stereocenters. The van der Waals surface area contributed by atoms with Gasteiger partial charge in [0, 0.05) is 4.75 Å². The van der Waals surface area contributed by atoms with Crippen molar-refractivity contribution < 1.29 is 19.1 Å². The summed E-state index contributed by atoms with van der Waals surface area (Å²) in [6.07, 6.45) is 0. The molecule has 1 aromatic rings. The molecule has 2 saturated heterocycles. The third kappa shape index (κ3) is 2.89. The number of β-lactam (4-membered cyclic amide) rings is 1. The van der Waals surface area contributed by atoms with Crippen LogP contribution in [0.4, 0.5) is 0 Å². The van der Waals surface area contributed by atoms with Gasteiger partial charge >= 0.3 is 5.97 Å². The molecule has 2 amide bonds. The van der Waals surface area contributed by atoms with Crippen molar-refractivity contribution in [3.8, 4) is 0 Å². The Morgan fingerprint density at radius 1 is 1.36 bits per heavy atom. The average Bonchev–Trinajstić information content (AvgIpc) is 2.86. The van der Waals surface area contributed by atoms with Gasteiger partial charge in [0.05, 0.1) is 0 Å². The Hall–Kier alpha value is -2.06. The molecule has 3 N–H and O–H groups in total. The van der Waals surface area contributed by atoms with Crippen LogP contribution in [-0.4, -0.2) is 44.9 Å². The zero-order valence-electron chi connectivity index (χ0n) is 14.0. The molecule has 3 rings (SSSR count). The van der Waals surface area contributed by atoms with E-state index in [0.717, 1.165) is 0 Å². The smallest absolute Gasteiger partial charge is 0.330 e. The predicted molar refractivity (Wildman–Crippen MR) is 92.8 cm³/mol. The number of nitrogens with one attached hydrogen (secondary N) is 1. The lowest BCUT2D eigenvalue weighted by molar-refractivity contribution is -0.161. The van der Waals surface area contributed by atoms with Gasteiger partial charge in [0.1, 0.15) is 30.6 Å². The van der Waals surface area contributed by atoms with E-state index in [-0.39, 0.29) is 11.3 Å². The molecule has 1 aromatic carbocycles. The number of thioether (sulfide) groups is 1. The molecule has 0 saturated carbocycles. The zero-order valence-corrected chi connectivity index (χ0v) is 14.8. The van der Waals surface area contributed by atoms with Crippen molar-refractivity contribution in [2.24, 2.45) is 5.73 Å². The lowest BCUT2D eigenvalue weighted by atomic mass is 9.95. The zero-order chi connectivity index (χ0) is 18.4. The highest BCUT2D eigenvalue weighted by molar-refractivity contribution is 8.01. The van der Waals surface area contributed by atoms with E-state index in [1.807, 2.05) is 19.9 Å². The summed E-state index contributed by atoms with van der Waals surface area (Å²) >= 11 is 1.45. The molecule has 3 unspecified atom stereocenters. The summed E-state index contributed by atoms with van der Waals surface area (Å²) in [6.45, 7) is 3.72. The second kappa shape index (κ2) is 6.34. The second-order valence-corrected chi connectivity index (χ2v) is 8.37. The van der Waals surface area contributed by atoms with Gasteiger partial charge < -0.3 is 20.7 Å². The Morgan fingerprint density at radius 3 is 2.60 bits per heavy atom. The minimum Gasteiger partial charge on any atom is -0.460 e. The van der Waals surface area contributed by atoms with Crippen LogP contribution < -0.4 is 11.1 Å². The molecule has 2 aliphatic rings. The summed E-state index contributed by atoms with van der Waals surface area (Å²) in [6, 6.07) is 6.66. The van der Waals surface area contributed by atoms with Crippen molar-refractivity contribution in [1.29, 1.82) is 0 Å². The van der Waals surface area contributed by atoms with E-state index < -0.39 is 34.7 Å². The van der Waals surface area contributed by atoms with Crippen molar-refractivity contribution in [2.75, 3.05) is 0 Å². The first-order chi connectivity index (χ1) is 11.8. The lowest BCUT2D eigenvalue weighted by Gasteiger charge is -2.44. The van der Waals surface area contributed by atoms with Crippen LogP contribution in [0.2, 0.25) is 0 Å². The number of hydrogen-bond acceptors (Lipinski definition) is 6. The third-order valence-corrected chi connectivity index (χ3v) is 6.12. The number of benzene rings is 1. The van der Waals surface area contributed by atoms with Crippen molar-refractivity contribution in [3.05, 3.63) is 43.0 Å². The fourth-order valence-electron chi connectivity index (χ4n) is 3.26. The Balaban J connectivity index is 1.71. The highest BCUT2D eigenvalue weighted by Crippen LogP contribution is 2.51. The first-order valence-corrected chi connectivity index (χ1v) is 8.72. The van der Waals surface area contributed by atoms with Crippen LogP contribution in [0.25, 0.3) is 0 Å².